The minimum Gasteiger partial charge on any atom is -0.493 e. The van der Waals surface area contributed by atoms with Gasteiger partial charge in [0.15, 0.2) is 16.7 Å². The Balaban J connectivity index is 2.00. The first-order chi connectivity index (χ1) is 14.8. The van der Waals surface area contributed by atoms with Gasteiger partial charge >= 0.3 is 0 Å². The van der Waals surface area contributed by atoms with Gasteiger partial charge in [0.05, 0.1) is 24.3 Å². The molecule has 1 saturated heterocycles. The van der Waals surface area contributed by atoms with Crippen molar-refractivity contribution in [3.63, 3.8) is 0 Å². The molecule has 1 aliphatic heterocycles. The third-order valence-corrected chi connectivity index (χ3v) is 6.30. The number of carbonyl (C=O) groups excluding carboxylic acids is 1. The quantitative estimate of drug-likeness (QED) is 0.376. The fourth-order valence-corrected chi connectivity index (χ4v) is 4.54. The molecule has 1 fully saturated rings. The molecule has 2 aromatic rings. The highest BCUT2D eigenvalue weighted by Crippen LogP contribution is 2.39. The van der Waals surface area contributed by atoms with Crippen LogP contribution >= 0.6 is 39.3 Å². The van der Waals surface area contributed by atoms with Crippen LogP contribution in [0.5, 0.6) is 11.5 Å². The number of carbonyl (C=O) groups is 1. The zero-order valence-electron chi connectivity index (χ0n) is 17.8. The summed E-state index contributed by atoms with van der Waals surface area (Å²) in [7, 11) is 1.60. The first kappa shape index (κ1) is 23.7. The molecule has 1 amide bonds. The second-order valence-corrected chi connectivity index (χ2v) is 9.55. The summed E-state index contributed by atoms with van der Waals surface area (Å²) in [5, 5.41) is 1.30. The number of thioether (sulfide) groups is 1. The number of amidine groups is 1. The van der Waals surface area contributed by atoms with Crippen molar-refractivity contribution < 1.29 is 14.3 Å². The average Bonchev–Trinajstić information content (AvgIpc) is 3.00. The molecular formula is C23H24BrClN2O3S. The van der Waals surface area contributed by atoms with E-state index in [1.54, 1.807) is 24.1 Å². The van der Waals surface area contributed by atoms with Gasteiger partial charge in [-0.3, -0.25) is 9.69 Å². The summed E-state index contributed by atoms with van der Waals surface area (Å²) in [6, 6.07) is 11.0. The van der Waals surface area contributed by atoms with E-state index < -0.39 is 0 Å². The highest BCUT2D eigenvalue weighted by Gasteiger charge is 2.34. The van der Waals surface area contributed by atoms with Crippen LogP contribution < -0.4 is 9.47 Å². The molecule has 0 radical (unpaired) electrons. The van der Waals surface area contributed by atoms with Crippen LogP contribution in [-0.2, 0) is 4.79 Å². The van der Waals surface area contributed by atoms with Gasteiger partial charge in [-0.15, -0.1) is 0 Å². The van der Waals surface area contributed by atoms with Gasteiger partial charge in [-0.25, -0.2) is 4.99 Å². The van der Waals surface area contributed by atoms with Crippen LogP contribution in [0.25, 0.3) is 6.08 Å². The second kappa shape index (κ2) is 10.6. The average molecular weight is 524 g/mol. The summed E-state index contributed by atoms with van der Waals surface area (Å²) in [6.07, 6.45) is 1.86. The Morgan fingerprint density at radius 3 is 2.55 bits per heavy atom. The molecule has 31 heavy (non-hydrogen) atoms. The van der Waals surface area contributed by atoms with Crippen molar-refractivity contribution in [2.24, 2.45) is 10.9 Å². The van der Waals surface area contributed by atoms with Crippen molar-refractivity contribution in [3.8, 4) is 11.5 Å². The largest absolute Gasteiger partial charge is 0.493 e. The maximum Gasteiger partial charge on any atom is 0.266 e. The van der Waals surface area contributed by atoms with Crippen molar-refractivity contribution >= 4 is 62.1 Å². The lowest BCUT2D eigenvalue weighted by Crippen LogP contribution is -2.32. The molecule has 0 N–H and O–H groups in total. The van der Waals surface area contributed by atoms with Crippen LogP contribution in [0.1, 0.15) is 26.3 Å². The minimum absolute atomic E-state index is 0.0629. The van der Waals surface area contributed by atoms with E-state index in [2.05, 4.69) is 29.8 Å². The molecule has 0 bridgehead atoms. The molecule has 164 valence electrons. The van der Waals surface area contributed by atoms with Crippen molar-refractivity contribution in [2.75, 3.05) is 20.3 Å². The number of benzene rings is 2. The zero-order valence-corrected chi connectivity index (χ0v) is 21.0. The number of ether oxygens (including phenoxy) is 2. The topological polar surface area (TPSA) is 51.1 Å². The van der Waals surface area contributed by atoms with E-state index in [0.717, 1.165) is 15.7 Å². The smallest absolute Gasteiger partial charge is 0.266 e. The number of hydrogen-bond acceptors (Lipinski definition) is 5. The molecule has 0 spiro atoms. The number of methoxy groups -OCH3 is 1. The number of hydrogen-bond donors (Lipinski definition) is 0. The predicted molar refractivity (Wildman–Crippen MR) is 133 cm³/mol. The summed E-state index contributed by atoms with van der Waals surface area (Å²) >= 11 is 10.9. The van der Waals surface area contributed by atoms with Crippen molar-refractivity contribution in [2.45, 2.75) is 20.8 Å². The molecule has 2 aromatic carbocycles. The molecule has 0 atom stereocenters. The molecule has 0 aromatic heterocycles. The maximum absolute atomic E-state index is 13.2. The fourth-order valence-electron chi connectivity index (χ4n) is 2.97. The SMILES string of the molecule is CCOc1cc(/C=C2\SC(=Nc3ccc(Cl)cc3)N(CC(C)C)C2=O)c(Br)cc1OC. The first-order valence-corrected chi connectivity index (χ1v) is 11.9. The lowest BCUT2D eigenvalue weighted by molar-refractivity contribution is -0.122. The standard InChI is InChI=1S/C23H24BrClN2O3S/c1-5-30-20-10-15(18(24)12-19(20)29-4)11-21-22(28)27(13-14(2)3)23(31-21)26-17-8-6-16(25)7-9-17/h6-12,14H,5,13H2,1-4H3/b21-11-,26-23?. The summed E-state index contributed by atoms with van der Waals surface area (Å²) in [5.41, 5.74) is 1.58. The molecule has 0 aliphatic carbocycles. The highest BCUT2D eigenvalue weighted by atomic mass is 79.9. The monoisotopic (exact) mass is 522 g/mol. The van der Waals surface area contributed by atoms with E-state index in [-0.39, 0.29) is 5.91 Å². The number of nitrogens with zero attached hydrogens (tertiary/aromatic N) is 2. The summed E-state index contributed by atoms with van der Waals surface area (Å²) in [6.45, 7) is 7.17. The van der Waals surface area contributed by atoms with Gasteiger partial charge < -0.3 is 9.47 Å². The van der Waals surface area contributed by atoms with Gasteiger partial charge in [0.1, 0.15) is 0 Å². The van der Waals surface area contributed by atoms with Gasteiger partial charge in [0.25, 0.3) is 5.91 Å². The minimum atomic E-state index is -0.0629. The second-order valence-electron chi connectivity index (χ2n) is 7.25. The van der Waals surface area contributed by atoms with Gasteiger partial charge in [-0.05, 0) is 72.6 Å². The molecule has 8 heteroatoms. The van der Waals surface area contributed by atoms with Crippen molar-refractivity contribution in [1.82, 2.24) is 4.90 Å². The molecule has 1 heterocycles. The number of rotatable bonds is 7. The summed E-state index contributed by atoms with van der Waals surface area (Å²) in [4.78, 5) is 20.2. The van der Waals surface area contributed by atoms with E-state index in [1.165, 1.54) is 11.8 Å². The molecule has 3 rings (SSSR count). The van der Waals surface area contributed by atoms with Crippen LogP contribution in [0.3, 0.4) is 0 Å². The van der Waals surface area contributed by atoms with Crippen LogP contribution in [0.15, 0.2) is 50.8 Å². The zero-order chi connectivity index (χ0) is 22.5. The molecule has 0 unspecified atom stereocenters. The Labute approximate surface area is 200 Å². The molecular weight excluding hydrogens is 500 g/mol. The van der Waals surface area contributed by atoms with E-state index >= 15 is 0 Å². The van der Waals surface area contributed by atoms with Crippen LogP contribution in [0.2, 0.25) is 5.02 Å². The summed E-state index contributed by atoms with van der Waals surface area (Å²) < 4.78 is 11.9. The predicted octanol–water partition coefficient (Wildman–Crippen LogP) is 6.77. The van der Waals surface area contributed by atoms with E-state index in [4.69, 9.17) is 26.1 Å². The molecule has 1 aliphatic rings. The fraction of sp³-hybridized carbons (Fsp3) is 0.304. The summed E-state index contributed by atoms with van der Waals surface area (Å²) in [5.74, 6) is 1.50. The highest BCUT2D eigenvalue weighted by molar-refractivity contribution is 9.10. The Morgan fingerprint density at radius 2 is 1.94 bits per heavy atom. The van der Waals surface area contributed by atoms with Gasteiger partial charge in [0.2, 0.25) is 0 Å². The van der Waals surface area contributed by atoms with Crippen LogP contribution in [0, 0.1) is 5.92 Å². The van der Waals surface area contributed by atoms with Gasteiger partial charge in [-0.1, -0.05) is 41.4 Å². The first-order valence-electron chi connectivity index (χ1n) is 9.88. The van der Waals surface area contributed by atoms with E-state index in [0.29, 0.717) is 45.7 Å². The normalized spacial score (nSPS) is 16.6. The van der Waals surface area contributed by atoms with Crippen LogP contribution in [-0.4, -0.2) is 36.2 Å². The maximum atomic E-state index is 13.2. The third kappa shape index (κ3) is 5.84. The molecule has 0 saturated carbocycles. The Morgan fingerprint density at radius 1 is 1.23 bits per heavy atom. The van der Waals surface area contributed by atoms with Gasteiger partial charge in [-0.2, -0.15) is 0 Å². The van der Waals surface area contributed by atoms with Crippen molar-refractivity contribution in [1.29, 1.82) is 0 Å². The number of amides is 1. The Bertz CT molecular complexity index is 1020. The number of aliphatic imine (C=N–C) groups is 1. The van der Waals surface area contributed by atoms with Crippen molar-refractivity contribution in [3.05, 3.63) is 56.4 Å². The van der Waals surface area contributed by atoms with Gasteiger partial charge in [0, 0.05) is 16.0 Å². The lowest BCUT2D eigenvalue weighted by atomic mass is 10.1. The van der Waals surface area contributed by atoms with Crippen LogP contribution in [0.4, 0.5) is 5.69 Å². The third-order valence-electron chi connectivity index (χ3n) is 4.36. The number of halogens is 2. The Hall–Kier alpha value is -1.96. The molecule has 5 nitrogen and oxygen atoms in total. The Kier molecular flexibility index (Phi) is 8.08. The van der Waals surface area contributed by atoms with E-state index in [9.17, 15) is 4.79 Å². The lowest BCUT2D eigenvalue weighted by Gasteiger charge is -2.17. The van der Waals surface area contributed by atoms with E-state index in [1.807, 2.05) is 37.3 Å².